The Kier molecular flexibility index (Phi) is 4.80. The first-order valence-electron chi connectivity index (χ1n) is 7.38. The second kappa shape index (κ2) is 6.37. The molecule has 2 rings (SSSR count). The van der Waals surface area contributed by atoms with Gasteiger partial charge in [0.05, 0.1) is 6.04 Å². The number of carbonyl (C=O) groups is 2. The van der Waals surface area contributed by atoms with E-state index in [-0.39, 0.29) is 23.9 Å². The lowest BCUT2D eigenvalue weighted by Crippen LogP contribution is -2.54. The Morgan fingerprint density at radius 3 is 2.42 bits per heavy atom. The average Bonchev–Trinajstić information content (AvgIpc) is 2.38. The summed E-state index contributed by atoms with van der Waals surface area (Å²) in [5, 5.41) is 6.33. The monoisotopic (exact) mass is 267 g/mol. The number of nitrogens with zero attached hydrogens (tertiary/aromatic N) is 1. The van der Waals surface area contributed by atoms with Gasteiger partial charge >= 0.3 is 0 Å². The first-order chi connectivity index (χ1) is 9.06. The third-order valence-corrected chi connectivity index (χ3v) is 4.13. The van der Waals surface area contributed by atoms with E-state index in [9.17, 15) is 9.59 Å². The number of hydrogen-bond acceptors (Lipinski definition) is 3. The maximum absolute atomic E-state index is 12.4. The summed E-state index contributed by atoms with van der Waals surface area (Å²) in [5.41, 5.74) is 0. The molecule has 2 aliphatic heterocycles. The molecule has 2 aliphatic rings. The summed E-state index contributed by atoms with van der Waals surface area (Å²) < 4.78 is 0. The van der Waals surface area contributed by atoms with E-state index in [0.29, 0.717) is 6.04 Å². The highest BCUT2D eigenvalue weighted by atomic mass is 16.2. The first kappa shape index (κ1) is 14.3. The molecule has 2 saturated heterocycles. The number of rotatable bonds is 2. The summed E-state index contributed by atoms with van der Waals surface area (Å²) in [6, 6.07) is 0.681. The van der Waals surface area contributed by atoms with Crippen LogP contribution in [-0.2, 0) is 9.59 Å². The molecular weight excluding hydrogens is 242 g/mol. The number of hydrogen-bond donors (Lipinski definition) is 2. The third-order valence-electron chi connectivity index (χ3n) is 4.13. The first-order valence-corrected chi connectivity index (χ1v) is 7.38. The Bertz CT molecular complexity index is 338. The summed E-state index contributed by atoms with van der Waals surface area (Å²) in [7, 11) is 0. The van der Waals surface area contributed by atoms with Crippen LogP contribution in [0.5, 0.6) is 0 Å². The Hall–Kier alpha value is -1.10. The molecule has 0 spiro atoms. The number of nitrogens with one attached hydrogen (secondary N) is 2. The SMILES string of the molecule is CC(=O)NC1CCN(C(=O)C2CCCC(C)N2)CC1. The lowest BCUT2D eigenvalue weighted by Gasteiger charge is -2.36. The van der Waals surface area contributed by atoms with Crippen molar-refractivity contribution in [2.45, 2.75) is 64.1 Å². The van der Waals surface area contributed by atoms with E-state index in [1.54, 1.807) is 6.92 Å². The zero-order valence-electron chi connectivity index (χ0n) is 11.9. The van der Waals surface area contributed by atoms with Gasteiger partial charge in [0.2, 0.25) is 11.8 Å². The molecule has 2 unspecified atom stereocenters. The van der Waals surface area contributed by atoms with Crippen LogP contribution >= 0.6 is 0 Å². The third kappa shape index (κ3) is 3.93. The van der Waals surface area contributed by atoms with Crippen LogP contribution in [0, 0.1) is 0 Å². The van der Waals surface area contributed by atoms with Gasteiger partial charge in [-0.05, 0) is 39.0 Å². The van der Waals surface area contributed by atoms with Crippen LogP contribution in [0.15, 0.2) is 0 Å². The van der Waals surface area contributed by atoms with Gasteiger partial charge in [0.1, 0.15) is 0 Å². The van der Waals surface area contributed by atoms with Gasteiger partial charge in [-0.2, -0.15) is 0 Å². The minimum Gasteiger partial charge on any atom is -0.353 e. The van der Waals surface area contributed by atoms with Crippen LogP contribution < -0.4 is 10.6 Å². The molecule has 2 heterocycles. The maximum Gasteiger partial charge on any atom is 0.239 e. The van der Waals surface area contributed by atoms with Crippen LogP contribution in [0.4, 0.5) is 0 Å². The summed E-state index contributed by atoms with van der Waals surface area (Å²) in [6.07, 6.45) is 4.98. The smallest absolute Gasteiger partial charge is 0.239 e. The van der Waals surface area contributed by atoms with Crippen molar-refractivity contribution in [2.24, 2.45) is 0 Å². The van der Waals surface area contributed by atoms with E-state index in [1.807, 2.05) is 4.90 Å². The van der Waals surface area contributed by atoms with E-state index in [2.05, 4.69) is 17.6 Å². The molecule has 2 N–H and O–H groups in total. The maximum atomic E-state index is 12.4. The van der Waals surface area contributed by atoms with Gasteiger partial charge in [0.15, 0.2) is 0 Å². The number of piperidine rings is 2. The van der Waals surface area contributed by atoms with Crippen LogP contribution in [0.25, 0.3) is 0 Å². The van der Waals surface area contributed by atoms with Gasteiger partial charge in [-0.15, -0.1) is 0 Å². The van der Waals surface area contributed by atoms with Gasteiger partial charge < -0.3 is 15.5 Å². The van der Waals surface area contributed by atoms with Crippen molar-refractivity contribution < 1.29 is 9.59 Å². The van der Waals surface area contributed by atoms with Crippen LogP contribution in [0.3, 0.4) is 0 Å². The van der Waals surface area contributed by atoms with Crippen LogP contribution in [0.2, 0.25) is 0 Å². The molecule has 2 atom stereocenters. The molecule has 0 saturated carbocycles. The summed E-state index contributed by atoms with van der Waals surface area (Å²) in [4.78, 5) is 25.4. The highest BCUT2D eigenvalue weighted by Gasteiger charge is 2.30. The zero-order chi connectivity index (χ0) is 13.8. The van der Waals surface area contributed by atoms with Crippen molar-refractivity contribution in [2.75, 3.05) is 13.1 Å². The topological polar surface area (TPSA) is 61.4 Å². The van der Waals surface area contributed by atoms with Crippen molar-refractivity contribution >= 4 is 11.8 Å². The fourth-order valence-corrected chi connectivity index (χ4v) is 3.09. The molecule has 19 heavy (non-hydrogen) atoms. The molecule has 0 aliphatic carbocycles. The summed E-state index contributed by atoms with van der Waals surface area (Å²) >= 11 is 0. The van der Waals surface area contributed by atoms with Crippen molar-refractivity contribution in [1.29, 1.82) is 0 Å². The van der Waals surface area contributed by atoms with E-state index in [4.69, 9.17) is 0 Å². The Labute approximate surface area is 115 Å². The lowest BCUT2D eigenvalue weighted by atomic mass is 9.97. The fourth-order valence-electron chi connectivity index (χ4n) is 3.09. The molecule has 0 radical (unpaired) electrons. The molecule has 0 aromatic carbocycles. The molecule has 0 aromatic rings. The van der Waals surface area contributed by atoms with E-state index in [1.165, 1.54) is 0 Å². The lowest BCUT2D eigenvalue weighted by molar-refractivity contribution is -0.135. The van der Waals surface area contributed by atoms with Crippen molar-refractivity contribution in [3.05, 3.63) is 0 Å². The highest BCUT2D eigenvalue weighted by molar-refractivity contribution is 5.82. The molecule has 5 heteroatoms. The molecule has 2 fully saturated rings. The van der Waals surface area contributed by atoms with Crippen molar-refractivity contribution in [3.63, 3.8) is 0 Å². The highest BCUT2D eigenvalue weighted by Crippen LogP contribution is 2.17. The summed E-state index contributed by atoms with van der Waals surface area (Å²) in [5.74, 6) is 0.264. The molecule has 0 aromatic heterocycles. The van der Waals surface area contributed by atoms with Gasteiger partial charge in [0.25, 0.3) is 0 Å². The Morgan fingerprint density at radius 2 is 1.84 bits per heavy atom. The van der Waals surface area contributed by atoms with Gasteiger partial charge in [-0.3, -0.25) is 9.59 Å². The Morgan fingerprint density at radius 1 is 1.16 bits per heavy atom. The van der Waals surface area contributed by atoms with Gasteiger partial charge in [0, 0.05) is 32.1 Å². The van der Waals surface area contributed by atoms with E-state index < -0.39 is 0 Å². The normalized spacial score (nSPS) is 29.1. The standard InChI is InChI=1S/C14H25N3O2/c1-10-4-3-5-13(15-10)14(19)17-8-6-12(7-9-17)16-11(2)18/h10,12-13,15H,3-9H2,1-2H3,(H,16,18). The van der Waals surface area contributed by atoms with Crippen LogP contribution in [0.1, 0.15) is 46.0 Å². The quantitative estimate of drug-likeness (QED) is 0.772. The van der Waals surface area contributed by atoms with Crippen molar-refractivity contribution in [1.82, 2.24) is 15.5 Å². The number of carbonyl (C=O) groups excluding carboxylic acids is 2. The van der Waals surface area contributed by atoms with Crippen LogP contribution in [-0.4, -0.2) is 47.9 Å². The zero-order valence-corrected chi connectivity index (χ0v) is 11.9. The molecule has 108 valence electrons. The molecule has 0 bridgehead atoms. The van der Waals surface area contributed by atoms with Gasteiger partial charge in [-0.25, -0.2) is 0 Å². The second-order valence-electron chi connectivity index (χ2n) is 5.85. The number of amides is 2. The molecule has 5 nitrogen and oxygen atoms in total. The molecular formula is C14H25N3O2. The minimum absolute atomic E-state index is 0.000987. The minimum atomic E-state index is 0.000987. The molecule has 2 amide bonds. The van der Waals surface area contributed by atoms with E-state index >= 15 is 0 Å². The largest absolute Gasteiger partial charge is 0.353 e. The Balaban J connectivity index is 1.80. The average molecular weight is 267 g/mol. The van der Waals surface area contributed by atoms with Crippen molar-refractivity contribution in [3.8, 4) is 0 Å². The predicted octanol–water partition coefficient (Wildman–Crippen LogP) is 0.644. The van der Waals surface area contributed by atoms with E-state index in [0.717, 1.165) is 45.2 Å². The van der Waals surface area contributed by atoms with Gasteiger partial charge in [-0.1, -0.05) is 0 Å². The number of likely N-dealkylation sites (tertiary alicyclic amines) is 1. The predicted molar refractivity (Wildman–Crippen MR) is 73.7 cm³/mol. The summed E-state index contributed by atoms with van der Waals surface area (Å²) in [6.45, 7) is 5.21. The second-order valence-corrected chi connectivity index (χ2v) is 5.85. The fraction of sp³-hybridized carbons (Fsp3) is 0.857.